The average molecular weight is 322 g/mol. The summed E-state index contributed by atoms with van der Waals surface area (Å²) >= 11 is 0. The molecule has 5 heteroatoms. The van der Waals surface area contributed by atoms with Gasteiger partial charge in [0.1, 0.15) is 23.8 Å². The number of hydrogen-bond donors (Lipinski definition) is 2. The van der Waals surface area contributed by atoms with Crippen molar-refractivity contribution in [3.8, 4) is 0 Å². The van der Waals surface area contributed by atoms with Gasteiger partial charge in [0, 0.05) is 17.4 Å². The Hall–Kier alpha value is -2.95. The van der Waals surface area contributed by atoms with E-state index in [0.717, 1.165) is 5.69 Å². The van der Waals surface area contributed by atoms with Crippen LogP contribution in [-0.2, 0) is 0 Å². The first-order valence-electron chi connectivity index (χ1n) is 7.82. The first-order chi connectivity index (χ1) is 11.6. The number of nitrogens with zero attached hydrogens (tertiary/aromatic N) is 2. The third kappa shape index (κ3) is 3.87. The highest BCUT2D eigenvalue weighted by Crippen LogP contribution is 2.27. The van der Waals surface area contributed by atoms with Crippen molar-refractivity contribution in [1.29, 1.82) is 0 Å². The second-order valence-electron chi connectivity index (χ2n) is 5.79. The van der Waals surface area contributed by atoms with Gasteiger partial charge in [-0.2, -0.15) is 0 Å². The monoisotopic (exact) mass is 322 g/mol. The van der Waals surface area contributed by atoms with Crippen molar-refractivity contribution in [2.75, 3.05) is 10.6 Å². The Morgan fingerprint density at radius 3 is 2.38 bits per heavy atom. The van der Waals surface area contributed by atoms with Crippen LogP contribution in [-0.4, -0.2) is 9.97 Å². The van der Waals surface area contributed by atoms with E-state index in [0.29, 0.717) is 23.2 Å². The lowest BCUT2D eigenvalue weighted by molar-refractivity contribution is 0.628. The zero-order valence-corrected chi connectivity index (χ0v) is 13.6. The summed E-state index contributed by atoms with van der Waals surface area (Å²) < 4.78 is 13.3. The Labute approximate surface area is 140 Å². The smallest absolute Gasteiger partial charge is 0.135 e. The summed E-state index contributed by atoms with van der Waals surface area (Å²) in [5.41, 5.74) is 2.88. The number of nitrogens with one attached hydrogen (secondary N) is 2. The molecule has 0 saturated heterocycles. The minimum atomic E-state index is -0.293. The van der Waals surface area contributed by atoms with Gasteiger partial charge in [-0.25, -0.2) is 14.4 Å². The Morgan fingerprint density at radius 2 is 1.62 bits per heavy atom. The normalized spacial score (nSPS) is 10.7. The number of hydrogen-bond acceptors (Lipinski definition) is 4. The number of halogens is 1. The molecule has 0 unspecified atom stereocenters. The van der Waals surface area contributed by atoms with Crippen LogP contribution >= 0.6 is 0 Å². The van der Waals surface area contributed by atoms with Gasteiger partial charge in [-0.1, -0.05) is 38.1 Å². The molecule has 24 heavy (non-hydrogen) atoms. The van der Waals surface area contributed by atoms with E-state index >= 15 is 0 Å². The highest BCUT2D eigenvalue weighted by Gasteiger charge is 2.07. The fourth-order valence-electron chi connectivity index (χ4n) is 2.46. The van der Waals surface area contributed by atoms with Crippen LogP contribution in [0.4, 0.5) is 27.4 Å². The molecule has 3 aromatic rings. The van der Waals surface area contributed by atoms with E-state index in [1.807, 2.05) is 18.2 Å². The molecule has 0 saturated carbocycles. The molecule has 0 radical (unpaired) electrons. The molecular weight excluding hydrogens is 303 g/mol. The van der Waals surface area contributed by atoms with E-state index in [9.17, 15) is 4.39 Å². The molecule has 0 atom stereocenters. The fraction of sp³-hybridized carbons (Fsp3) is 0.158. The van der Waals surface area contributed by atoms with Gasteiger partial charge < -0.3 is 10.6 Å². The summed E-state index contributed by atoms with van der Waals surface area (Å²) in [4.78, 5) is 8.44. The van der Waals surface area contributed by atoms with Crippen molar-refractivity contribution in [3.63, 3.8) is 0 Å². The first-order valence-corrected chi connectivity index (χ1v) is 7.82. The fourth-order valence-corrected chi connectivity index (χ4v) is 2.46. The van der Waals surface area contributed by atoms with Crippen LogP contribution in [0.15, 0.2) is 60.9 Å². The molecule has 1 heterocycles. The lowest BCUT2D eigenvalue weighted by atomic mass is 10.0. The van der Waals surface area contributed by atoms with Crippen molar-refractivity contribution in [2.45, 2.75) is 19.8 Å². The van der Waals surface area contributed by atoms with Gasteiger partial charge in [0.15, 0.2) is 0 Å². The second kappa shape index (κ2) is 7.08. The van der Waals surface area contributed by atoms with Crippen molar-refractivity contribution < 1.29 is 4.39 Å². The summed E-state index contributed by atoms with van der Waals surface area (Å²) in [6.07, 6.45) is 1.47. The summed E-state index contributed by atoms with van der Waals surface area (Å²) in [5, 5.41) is 6.40. The van der Waals surface area contributed by atoms with Crippen LogP contribution < -0.4 is 10.6 Å². The van der Waals surface area contributed by atoms with Crippen LogP contribution in [0.5, 0.6) is 0 Å². The van der Waals surface area contributed by atoms with E-state index in [4.69, 9.17) is 0 Å². The van der Waals surface area contributed by atoms with Gasteiger partial charge in [0.2, 0.25) is 0 Å². The molecule has 3 rings (SSSR count). The van der Waals surface area contributed by atoms with Gasteiger partial charge in [-0.05, 0) is 35.7 Å². The Morgan fingerprint density at radius 1 is 0.875 bits per heavy atom. The summed E-state index contributed by atoms with van der Waals surface area (Å²) in [6, 6.07) is 16.2. The van der Waals surface area contributed by atoms with Crippen LogP contribution in [0.1, 0.15) is 25.3 Å². The number of aromatic nitrogens is 2. The standard InChI is InChI=1S/C19H19FN4/c1-13(2)16-8-3-4-9-17(16)24-19-11-18(21-12-22-19)23-15-7-5-6-14(20)10-15/h3-13H,1-2H3,(H2,21,22,23,24). The molecule has 122 valence electrons. The topological polar surface area (TPSA) is 49.8 Å². The quantitative estimate of drug-likeness (QED) is 0.675. The molecule has 0 amide bonds. The van der Waals surface area contributed by atoms with Gasteiger partial charge >= 0.3 is 0 Å². The molecule has 0 bridgehead atoms. The maximum atomic E-state index is 13.3. The van der Waals surface area contributed by atoms with Gasteiger partial charge in [-0.3, -0.25) is 0 Å². The average Bonchev–Trinajstić information content (AvgIpc) is 2.55. The van der Waals surface area contributed by atoms with Crippen molar-refractivity contribution in [1.82, 2.24) is 9.97 Å². The van der Waals surface area contributed by atoms with Crippen LogP contribution in [0, 0.1) is 5.82 Å². The lowest BCUT2D eigenvalue weighted by Crippen LogP contribution is -2.01. The summed E-state index contributed by atoms with van der Waals surface area (Å²) in [5.74, 6) is 1.39. The Bertz CT molecular complexity index is 833. The van der Waals surface area contributed by atoms with E-state index in [2.05, 4.69) is 40.5 Å². The number of benzene rings is 2. The predicted molar refractivity (Wildman–Crippen MR) is 95.5 cm³/mol. The van der Waals surface area contributed by atoms with Crippen molar-refractivity contribution in [3.05, 3.63) is 72.3 Å². The van der Waals surface area contributed by atoms with Crippen molar-refractivity contribution in [2.24, 2.45) is 0 Å². The Kier molecular flexibility index (Phi) is 4.70. The van der Waals surface area contributed by atoms with E-state index in [1.165, 1.54) is 24.0 Å². The van der Waals surface area contributed by atoms with Crippen LogP contribution in [0.25, 0.3) is 0 Å². The third-order valence-electron chi connectivity index (χ3n) is 3.61. The van der Waals surface area contributed by atoms with Crippen molar-refractivity contribution >= 4 is 23.0 Å². The molecule has 0 aliphatic carbocycles. The highest BCUT2D eigenvalue weighted by molar-refractivity contribution is 5.65. The molecule has 2 N–H and O–H groups in total. The van der Waals surface area contributed by atoms with E-state index in [1.54, 1.807) is 18.2 Å². The largest absolute Gasteiger partial charge is 0.340 e. The Balaban J connectivity index is 1.81. The molecule has 4 nitrogen and oxygen atoms in total. The number of rotatable bonds is 5. The molecule has 0 spiro atoms. The second-order valence-corrected chi connectivity index (χ2v) is 5.79. The van der Waals surface area contributed by atoms with Gasteiger partial charge in [0.25, 0.3) is 0 Å². The van der Waals surface area contributed by atoms with E-state index in [-0.39, 0.29) is 5.82 Å². The van der Waals surface area contributed by atoms with Crippen LogP contribution in [0.3, 0.4) is 0 Å². The molecule has 0 aliphatic heterocycles. The summed E-state index contributed by atoms with van der Waals surface area (Å²) in [6.45, 7) is 4.30. The SMILES string of the molecule is CC(C)c1ccccc1Nc1cc(Nc2cccc(F)c2)ncn1. The minimum absolute atomic E-state index is 0.293. The highest BCUT2D eigenvalue weighted by atomic mass is 19.1. The van der Waals surface area contributed by atoms with Gasteiger partial charge in [0.05, 0.1) is 0 Å². The molecule has 0 aliphatic rings. The predicted octanol–water partition coefficient (Wildman–Crippen LogP) is 5.23. The maximum Gasteiger partial charge on any atom is 0.135 e. The zero-order chi connectivity index (χ0) is 16.9. The maximum absolute atomic E-state index is 13.3. The molecule has 0 fully saturated rings. The first kappa shape index (κ1) is 15.9. The molecular formula is C19H19FN4. The lowest BCUT2D eigenvalue weighted by Gasteiger charge is -2.14. The third-order valence-corrected chi connectivity index (χ3v) is 3.61. The number of para-hydroxylation sites is 1. The molecule has 1 aromatic heterocycles. The van der Waals surface area contributed by atoms with E-state index < -0.39 is 0 Å². The minimum Gasteiger partial charge on any atom is -0.340 e. The summed E-state index contributed by atoms with van der Waals surface area (Å²) in [7, 11) is 0. The zero-order valence-electron chi connectivity index (χ0n) is 13.6. The number of anilines is 4. The molecule has 2 aromatic carbocycles. The van der Waals surface area contributed by atoms with Gasteiger partial charge in [-0.15, -0.1) is 0 Å². The van der Waals surface area contributed by atoms with Crippen LogP contribution in [0.2, 0.25) is 0 Å².